The highest BCUT2D eigenvalue weighted by molar-refractivity contribution is 5.79. The van der Waals surface area contributed by atoms with Crippen molar-refractivity contribution in [1.82, 2.24) is 10.6 Å². The minimum Gasteiger partial charge on any atom is -0.481 e. The lowest BCUT2D eigenvalue weighted by Crippen LogP contribution is -2.41. The maximum absolute atomic E-state index is 11.7. The molecule has 3 rings (SSSR count). The van der Waals surface area contributed by atoms with Crippen molar-refractivity contribution in [1.29, 1.82) is 0 Å². The predicted molar refractivity (Wildman–Crippen MR) is 104 cm³/mol. The summed E-state index contributed by atoms with van der Waals surface area (Å²) in [6.07, 6.45) is -0.908. The fourth-order valence-corrected chi connectivity index (χ4v) is 3.40. The van der Waals surface area contributed by atoms with Gasteiger partial charge in [-0.05, 0) is 28.7 Å². The average molecular weight is 384 g/mol. The Morgan fingerprint density at radius 3 is 2.25 bits per heavy atom. The van der Waals surface area contributed by atoms with E-state index in [2.05, 4.69) is 34.9 Å². The molecule has 0 fully saturated rings. The van der Waals surface area contributed by atoms with Gasteiger partial charge in [0.25, 0.3) is 0 Å². The van der Waals surface area contributed by atoms with Crippen molar-refractivity contribution in [2.24, 2.45) is 0 Å². The van der Waals surface area contributed by atoms with Gasteiger partial charge in [0.1, 0.15) is 0 Å². The molecule has 1 amide bonds. The molecule has 0 aromatic heterocycles. The quantitative estimate of drug-likeness (QED) is 0.367. The van der Waals surface area contributed by atoms with Gasteiger partial charge in [0.05, 0.1) is 13.2 Å². The van der Waals surface area contributed by atoms with Crippen molar-refractivity contribution in [3.8, 4) is 11.1 Å². The molecule has 2 aromatic carbocycles. The van der Waals surface area contributed by atoms with Crippen LogP contribution in [-0.4, -0.2) is 48.2 Å². The van der Waals surface area contributed by atoms with Crippen LogP contribution in [0.25, 0.3) is 11.1 Å². The number of hydrogen-bond acceptors (Lipinski definition) is 5. The van der Waals surface area contributed by atoms with Gasteiger partial charge in [-0.3, -0.25) is 14.9 Å². The molecule has 0 spiro atoms. The van der Waals surface area contributed by atoms with Gasteiger partial charge in [0, 0.05) is 18.9 Å². The van der Waals surface area contributed by atoms with Crippen LogP contribution in [0, 0.1) is 0 Å². The van der Waals surface area contributed by atoms with E-state index in [1.165, 1.54) is 11.1 Å². The first-order chi connectivity index (χ1) is 13.6. The molecule has 7 heteroatoms. The van der Waals surface area contributed by atoms with Crippen molar-refractivity contribution in [2.75, 3.05) is 19.7 Å². The van der Waals surface area contributed by atoms with Crippen LogP contribution in [-0.2, 0) is 14.3 Å². The second-order valence-electron chi connectivity index (χ2n) is 6.64. The van der Waals surface area contributed by atoms with E-state index in [1.807, 2.05) is 24.3 Å². The summed E-state index contributed by atoms with van der Waals surface area (Å²) in [6, 6.07) is 16.3. The molecule has 148 valence electrons. The molecule has 1 unspecified atom stereocenters. The summed E-state index contributed by atoms with van der Waals surface area (Å²) < 4.78 is 5.53. The molecule has 4 N–H and O–H groups in total. The number of aliphatic hydroxyl groups excluding tert-OH is 1. The smallest absolute Gasteiger partial charge is 0.303 e. The summed E-state index contributed by atoms with van der Waals surface area (Å²) in [6.45, 7) is 0.438. The lowest BCUT2D eigenvalue weighted by molar-refractivity contribution is -0.137. The molecule has 1 aliphatic rings. The average Bonchev–Trinajstić information content (AvgIpc) is 3.02. The second kappa shape index (κ2) is 9.45. The van der Waals surface area contributed by atoms with E-state index in [0.29, 0.717) is 6.42 Å². The number of carbonyl (C=O) groups excluding carboxylic acids is 1. The Morgan fingerprint density at radius 2 is 1.64 bits per heavy atom. The molecule has 28 heavy (non-hydrogen) atoms. The predicted octanol–water partition coefficient (Wildman–Crippen LogP) is 1.66. The molecular weight excluding hydrogens is 360 g/mol. The number of benzene rings is 2. The van der Waals surface area contributed by atoms with Gasteiger partial charge in [-0.1, -0.05) is 48.5 Å². The third-order valence-corrected chi connectivity index (χ3v) is 4.71. The molecular formula is C21H24N2O5. The van der Waals surface area contributed by atoms with Crippen LogP contribution in [0.4, 0.5) is 0 Å². The summed E-state index contributed by atoms with van der Waals surface area (Å²) in [5, 5.41) is 23.8. The van der Waals surface area contributed by atoms with Gasteiger partial charge < -0.3 is 20.3 Å². The molecule has 1 aliphatic carbocycles. The fraction of sp³-hybridized carbons (Fsp3) is 0.333. The minimum atomic E-state index is -1.27. The lowest BCUT2D eigenvalue weighted by Gasteiger charge is -2.18. The standard InChI is InChI=1S/C21H24N2O5/c24-19(22-11-5-10-20(25)26)12-23-21(27)28-13-18-16-8-3-1-6-14(16)15-7-2-4-9-17(15)18/h1-4,6-9,18,21,23,27H,5,10-13H2,(H,22,24)(H,25,26). The molecule has 1 atom stereocenters. The van der Waals surface area contributed by atoms with Crippen LogP contribution in [0.2, 0.25) is 0 Å². The zero-order valence-corrected chi connectivity index (χ0v) is 15.4. The van der Waals surface area contributed by atoms with E-state index in [-0.39, 0.29) is 37.9 Å². The maximum atomic E-state index is 11.7. The summed E-state index contributed by atoms with van der Waals surface area (Å²) >= 11 is 0. The third-order valence-electron chi connectivity index (χ3n) is 4.71. The van der Waals surface area contributed by atoms with Crippen LogP contribution in [0.5, 0.6) is 0 Å². The Bertz CT molecular complexity index is 794. The monoisotopic (exact) mass is 384 g/mol. The SMILES string of the molecule is O=C(O)CCCNC(=O)CNC(O)OCC1c2ccccc2-c2ccccc21. The largest absolute Gasteiger partial charge is 0.481 e. The third kappa shape index (κ3) is 4.95. The highest BCUT2D eigenvalue weighted by atomic mass is 16.6. The number of carbonyl (C=O) groups is 2. The summed E-state index contributed by atoms with van der Waals surface area (Å²) in [5.41, 5.74) is 4.67. The molecule has 0 bridgehead atoms. The fourth-order valence-electron chi connectivity index (χ4n) is 3.40. The van der Waals surface area contributed by atoms with E-state index < -0.39 is 12.4 Å². The summed E-state index contributed by atoms with van der Waals surface area (Å²) in [4.78, 5) is 22.1. The second-order valence-corrected chi connectivity index (χ2v) is 6.64. The number of amides is 1. The first kappa shape index (κ1) is 20.0. The number of ether oxygens (including phenoxy) is 1. The maximum Gasteiger partial charge on any atom is 0.303 e. The van der Waals surface area contributed by atoms with E-state index in [0.717, 1.165) is 11.1 Å². The lowest BCUT2D eigenvalue weighted by atomic mass is 9.98. The summed E-state index contributed by atoms with van der Waals surface area (Å²) in [7, 11) is 0. The number of fused-ring (bicyclic) bond motifs is 3. The number of nitrogens with one attached hydrogen (secondary N) is 2. The zero-order valence-electron chi connectivity index (χ0n) is 15.4. The van der Waals surface area contributed by atoms with Gasteiger partial charge >= 0.3 is 5.97 Å². The highest BCUT2D eigenvalue weighted by Gasteiger charge is 2.28. The molecule has 0 aliphatic heterocycles. The molecule has 0 saturated heterocycles. The number of carboxylic acids is 1. The van der Waals surface area contributed by atoms with E-state index in [1.54, 1.807) is 0 Å². The first-order valence-corrected chi connectivity index (χ1v) is 9.26. The number of aliphatic carboxylic acids is 1. The Hall–Kier alpha value is -2.74. The van der Waals surface area contributed by atoms with E-state index in [9.17, 15) is 14.7 Å². The van der Waals surface area contributed by atoms with Crippen LogP contribution in [0.1, 0.15) is 29.9 Å². The molecule has 0 radical (unpaired) electrons. The number of carboxylic acid groups (broad SMARTS) is 1. The Labute approximate surface area is 163 Å². The molecule has 2 aromatic rings. The number of hydrogen-bond donors (Lipinski definition) is 4. The minimum absolute atomic E-state index is 0.00375. The van der Waals surface area contributed by atoms with Gasteiger partial charge in [-0.25, -0.2) is 0 Å². The van der Waals surface area contributed by atoms with Crippen LogP contribution < -0.4 is 10.6 Å². The molecule has 0 heterocycles. The van der Waals surface area contributed by atoms with Gasteiger partial charge in [-0.15, -0.1) is 0 Å². The van der Waals surface area contributed by atoms with Gasteiger partial charge in [0.2, 0.25) is 12.3 Å². The van der Waals surface area contributed by atoms with Crippen molar-refractivity contribution < 1.29 is 24.5 Å². The van der Waals surface area contributed by atoms with Gasteiger partial charge in [-0.2, -0.15) is 0 Å². The van der Waals surface area contributed by atoms with Crippen molar-refractivity contribution in [2.45, 2.75) is 25.2 Å². The Kier molecular flexibility index (Phi) is 6.76. The van der Waals surface area contributed by atoms with E-state index in [4.69, 9.17) is 9.84 Å². The van der Waals surface area contributed by atoms with Crippen LogP contribution in [0.15, 0.2) is 48.5 Å². The molecule has 0 saturated carbocycles. The van der Waals surface area contributed by atoms with Crippen molar-refractivity contribution in [3.05, 3.63) is 59.7 Å². The van der Waals surface area contributed by atoms with Crippen molar-refractivity contribution in [3.63, 3.8) is 0 Å². The van der Waals surface area contributed by atoms with Crippen LogP contribution >= 0.6 is 0 Å². The normalized spacial score (nSPS) is 13.6. The van der Waals surface area contributed by atoms with Gasteiger partial charge in [0.15, 0.2) is 0 Å². The highest BCUT2D eigenvalue weighted by Crippen LogP contribution is 2.44. The topological polar surface area (TPSA) is 108 Å². The Morgan fingerprint density at radius 1 is 1.04 bits per heavy atom. The molecule has 7 nitrogen and oxygen atoms in total. The van der Waals surface area contributed by atoms with E-state index >= 15 is 0 Å². The number of aliphatic hydroxyl groups is 1. The first-order valence-electron chi connectivity index (χ1n) is 9.26. The van der Waals surface area contributed by atoms with Crippen LogP contribution in [0.3, 0.4) is 0 Å². The van der Waals surface area contributed by atoms with Crippen molar-refractivity contribution >= 4 is 11.9 Å². The summed E-state index contributed by atoms with van der Waals surface area (Å²) in [5.74, 6) is -1.20. The number of rotatable bonds is 10. The zero-order chi connectivity index (χ0) is 19.9. The Balaban J connectivity index is 1.47.